The fourth-order valence-corrected chi connectivity index (χ4v) is 13.5. The van der Waals surface area contributed by atoms with Crippen molar-refractivity contribution in [3.63, 3.8) is 0 Å². The van der Waals surface area contributed by atoms with Gasteiger partial charge < -0.3 is 20.8 Å². The van der Waals surface area contributed by atoms with Gasteiger partial charge in [-0.1, -0.05) is 140 Å². The molecule has 6 heteroatoms. The smallest absolute Gasteiger partial charge is 0.226 e. The highest BCUT2D eigenvalue weighted by Crippen LogP contribution is 2.75. The van der Waals surface area contributed by atoms with Gasteiger partial charge in [-0.05, 0) is 148 Å². The summed E-state index contributed by atoms with van der Waals surface area (Å²) in [4.78, 5) is 27.2. The van der Waals surface area contributed by atoms with Crippen LogP contribution in [0.2, 0.25) is 0 Å². The third kappa shape index (κ3) is 9.96. The van der Waals surface area contributed by atoms with Gasteiger partial charge in [-0.25, -0.2) is 0 Å². The maximum Gasteiger partial charge on any atom is 0.226 e. The molecule has 0 aromatic carbocycles. The molecule has 0 aromatic heterocycles. The van der Waals surface area contributed by atoms with Crippen molar-refractivity contribution in [2.24, 2.45) is 56.7 Å². The SMILES string of the molecule is CCC=CCC=CCC=CCC=CCC=CCC=CCCC(=O)NCCNC(=O)C12CCC(C)C(C)C1C1=CCC3C4(C)CC(O)C(O)C(C)(C)C4CCC3(C)C1(C)CC2. The average molecular weight is 825 g/mol. The van der Waals surface area contributed by atoms with Gasteiger partial charge in [-0.3, -0.25) is 9.59 Å². The lowest BCUT2D eigenvalue weighted by molar-refractivity contribution is -0.231. The molecule has 5 aliphatic rings. The van der Waals surface area contributed by atoms with Crippen LogP contribution in [-0.4, -0.2) is 47.3 Å². The van der Waals surface area contributed by atoms with Crippen LogP contribution in [0.1, 0.15) is 158 Å². The minimum absolute atomic E-state index is 0.0218. The predicted octanol–water partition coefficient (Wildman–Crippen LogP) is 11.7. The molecule has 4 fully saturated rings. The second kappa shape index (κ2) is 20.9. The molecule has 0 aliphatic heterocycles. The quantitative estimate of drug-likeness (QED) is 0.0817. The molecule has 5 rings (SSSR count). The predicted molar refractivity (Wildman–Crippen MR) is 250 cm³/mol. The third-order valence-corrected chi connectivity index (χ3v) is 17.2. The van der Waals surface area contributed by atoms with Crippen LogP contribution in [0.15, 0.2) is 84.6 Å². The van der Waals surface area contributed by atoms with Gasteiger partial charge >= 0.3 is 0 Å². The van der Waals surface area contributed by atoms with Gasteiger partial charge in [-0.2, -0.15) is 0 Å². The second-order valence-corrected chi connectivity index (χ2v) is 20.9. The molecule has 0 bridgehead atoms. The number of carbonyl (C=O) groups is 2. The number of aliphatic hydroxyl groups excluding tert-OH is 2. The second-order valence-electron chi connectivity index (χ2n) is 20.9. The van der Waals surface area contributed by atoms with Crippen molar-refractivity contribution >= 4 is 11.8 Å². The summed E-state index contributed by atoms with van der Waals surface area (Å²) < 4.78 is 0. The summed E-state index contributed by atoms with van der Waals surface area (Å²) >= 11 is 0. The summed E-state index contributed by atoms with van der Waals surface area (Å²) in [6.07, 6.45) is 42.1. The van der Waals surface area contributed by atoms with E-state index in [-0.39, 0.29) is 39.4 Å². The number of rotatable bonds is 18. The lowest BCUT2D eigenvalue weighted by Crippen LogP contribution is -2.67. The normalized spacial score (nSPS) is 37.7. The van der Waals surface area contributed by atoms with Crippen molar-refractivity contribution in [2.45, 2.75) is 170 Å². The van der Waals surface area contributed by atoms with Crippen molar-refractivity contribution in [1.82, 2.24) is 10.6 Å². The molecular formula is C54H84N2O4. The van der Waals surface area contributed by atoms with Crippen molar-refractivity contribution in [1.29, 1.82) is 0 Å². The highest BCUT2D eigenvalue weighted by molar-refractivity contribution is 5.84. The van der Waals surface area contributed by atoms with Crippen molar-refractivity contribution in [3.8, 4) is 0 Å². The standard InChI is InChI=1S/C54H84N2O4/c1-9-10-11-12-13-14-15-16-17-18-19-20-21-22-23-24-25-26-27-28-46(58)55-37-38-56-49(60)54-34-31-40(2)41(3)47(54)42-29-30-45-51(6)39-43(57)48(59)50(4,5)44(51)32-33-53(45,8)52(42,7)35-36-54/h10-11,13-14,16-17,19-20,22-23,25-26,29,40-41,43-45,47-48,57,59H,9,12,15,18,21,24,27-28,30-39H2,1-8H3,(H,55,58)(H,56,60). The Hall–Kier alpha value is -2.96. The summed E-state index contributed by atoms with van der Waals surface area (Å²) in [6, 6.07) is 0. The molecule has 2 amide bonds. The van der Waals surface area contributed by atoms with Crippen LogP contribution in [0.25, 0.3) is 0 Å². The Morgan fingerprint density at radius 2 is 1.28 bits per heavy atom. The maximum absolute atomic E-state index is 14.5. The Morgan fingerprint density at radius 3 is 1.88 bits per heavy atom. The van der Waals surface area contributed by atoms with Gasteiger partial charge in [-0.15, -0.1) is 0 Å². The Labute approximate surface area is 365 Å². The van der Waals surface area contributed by atoms with Gasteiger partial charge in [0.25, 0.3) is 0 Å². The van der Waals surface area contributed by atoms with Crippen LogP contribution in [0.5, 0.6) is 0 Å². The summed E-state index contributed by atoms with van der Waals surface area (Å²) in [5, 5.41) is 28.7. The van der Waals surface area contributed by atoms with Gasteiger partial charge in [0.2, 0.25) is 11.8 Å². The Balaban J connectivity index is 1.07. The van der Waals surface area contributed by atoms with Crippen LogP contribution < -0.4 is 10.6 Å². The Bertz CT molecular complexity index is 1670. The third-order valence-electron chi connectivity index (χ3n) is 17.2. The van der Waals surface area contributed by atoms with Crippen molar-refractivity contribution in [2.75, 3.05) is 13.1 Å². The molecule has 334 valence electrons. The van der Waals surface area contributed by atoms with Crippen LogP contribution in [0.4, 0.5) is 0 Å². The highest BCUT2D eigenvalue weighted by Gasteiger charge is 2.70. The lowest BCUT2D eigenvalue weighted by atomic mass is 9.33. The van der Waals surface area contributed by atoms with Crippen LogP contribution >= 0.6 is 0 Å². The number of allylic oxidation sites excluding steroid dienone is 14. The number of hydrogen-bond donors (Lipinski definition) is 4. The van der Waals surface area contributed by atoms with Gasteiger partial charge in [0.15, 0.2) is 0 Å². The molecule has 0 radical (unpaired) electrons. The first-order valence-electron chi connectivity index (χ1n) is 24.1. The van der Waals surface area contributed by atoms with Crippen molar-refractivity contribution in [3.05, 3.63) is 84.6 Å². The van der Waals surface area contributed by atoms with Crippen LogP contribution in [0, 0.1) is 56.7 Å². The molecule has 11 atom stereocenters. The number of amides is 2. The van der Waals surface area contributed by atoms with E-state index in [0.717, 1.165) is 83.5 Å². The molecule has 11 unspecified atom stereocenters. The molecule has 0 heterocycles. The van der Waals surface area contributed by atoms with Crippen LogP contribution in [-0.2, 0) is 9.59 Å². The highest BCUT2D eigenvalue weighted by atomic mass is 16.3. The molecule has 0 saturated heterocycles. The van der Waals surface area contributed by atoms with E-state index in [0.29, 0.717) is 56.0 Å². The summed E-state index contributed by atoms with van der Waals surface area (Å²) in [6.45, 7) is 19.7. The summed E-state index contributed by atoms with van der Waals surface area (Å²) in [5.41, 5.74) is 0.747. The molecule has 0 spiro atoms. The molecule has 4 saturated carbocycles. The number of fused-ring (bicyclic) bond motifs is 7. The molecule has 4 N–H and O–H groups in total. The van der Waals surface area contributed by atoms with Gasteiger partial charge in [0.05, 0.1) is 17.6 Å². The van der Waals surface area contributed by atoms with Gasteiger partial charge in [0, 0.05) is 19.5 Å². The zero-order valence-electron chi connectivity index (χ0n) is 39.0. The van der Waals surface area contributed by atoms with E-state index in [4.69, 9.17) is 0 Å². The fourth-order valence-electron chi connectivity index (χ4n) is 13.5. The monoisotopic (exact) mass is 825 g/mol. The fraction of sp³-hybridized carbons (Fsp3) is 0.704. The van der Waals surface area contributed by atoms with E-state index in [1.54, 1.807) is 0 Å². The molecule has 60 heavy (non-hydrogen) atoms. The van der Waals surface area contributed by atoms with E-state index in [9.17, 15) is 19.8 Å². The first kappa shape index (κ1) is 48.1. The van der Waals surface area contributed by atoms with E-state index < -0.39 is 17.6 Å². The van der Waals surface area contributed by atoms with Crippen molar-refractivity contribution < 1.29 is 19.8 Å². The number of nitrogens with one attached hydrogen (secondary N) is 2. The minimum Gasteiger partial charge on any atom is -0.390 e. The Morgan fingerprint density at radius 1 is 0.717 bits per heavy atom. The number of hydrogen-bond acceptors (Lipinski definition) is 4. The van der Waals surface area contributed by atoms with E-state index in [1.807, 2.05) is 0 Å². The molecule has 6 nitrogen and oxygen atoms in total. The lowest BCUT2D eigenvalue weighted by Gasteiger charge is -2.71. The van der Waals surface area contributed by atoms with Gasteiger partial charge in [0.1, 0.15) is 0 Å². The largest absolute Gasteiger partial charge is 0.390 e. The molecule has 0 aromatic rings. The maximum atomic E-state index is 14.5. The molecular weight excluding hydrogens is 741 g/mol. The summed E-state index contributed by atoms with van der Waals surface area (Å²) in [5.74, 6) is 2.13. The average Bonchev–Trinajstić information content (AvgIpc) is 3.21. The number of carbonyl (C=O) groups excluding carboxylic acids is 2. The van der Waals surface area contributed by atoms with Crippen LogP contribution in [0.3, 0.4) is 0 Å². The zero-order chi connectivity index (χ0) is 43.6. The topological polar surface area (TPSA) is 98.7 Å². The summed E-state index contributed by atoms with van der Waals surface area (Å²) in [7, 11) is 0. The minimum atomic E-state index is -0.698. The number of aliphatic hydroxyl groups is 2. The van der Waals surface area contributed by atoms with E-state index >= 15 is 0 Å². The zero-order valence-corrected chi connectivity index (χ0v) is 39.0. The first-order valence-corrected chi connectivity index (χ1v) is 24.1. The first-order chi connectivity index (χ1) is 28.6. The van der Waals surface area contributed by atoms with E-state index in [2.05, 4.69) is 145 Å². The molecule has 5 aliphatic carbocycles. The van der Waals surface area contributed by atoms with E-state index in [1.165, 1.54) is 5.57 Å². The Kier molecular flexibility index (Phi) is 16.8.